The van der Waals surface area contributed by atoms with Gasteiger partial charge in [0.05, 0.1) is 17.7 Å². The van der Waals surface area contributed by atoms with Crippen molar-refractivity contribution in [3.63, 3.8) is 0 Å². The molecule has 8 heteroatoms. The molecule has 0 fully saturated rings. The summed E-state index contributed by atoms with van der Waals surface area (Å²) < 4.78 is 28.8. The van der Waals surface area contributed by atoms with Gasteiger partial charge in [-0.1, -0.05) is 83.9 Å². The molecule has 0 aromatic heterocycles. The monoisotopic (exact) mass is 533 g/mol. The third kappa shape index (κ3) is 6.25. The number of hydrogen-bond acceptors (Lipinski definition) is 4. The largest absolute Gasteiger partial charge is 0.272 e. The quantitative estimate of drug-likeness (QED) is 0.231. The molecule has 0 radical (unpaired) electrons. The average Bonchev–Trinajstić information content (AvgIpc) is 2.84. The Morgan fingerprint density at radius 1 is 0.946 bits per heavy atom. The van der Waals surface area contributed by atoms with Gasteiger partial charge in [0.15, 0.2) is 0 Å². The van der Waals surface area contributed by atoms with Crippen molar-refractivity contribution in [2.75, 3.05) is 6.54 Å². The fourth-order valence-corrected chi connectivity index (χ4v) is 6.38. The first kappa shape index (κ1) is 26.5. The Kier molecular flexibility index (Phi) is 8.07. The summed E-state index contributed by atoms with van der Waals surface area (Å²) >= 11 is 6.01. The van der Waals surface area contributed by atoms with E-state index in [0.717, 1.165) is 21.9 Å². The number of carbonyl (C=O) groups excluding carboxylic acids is 1. The summed E-state index contributed by atoms with van der Waals surface area (Å²) in [6.45, 7) is 5.06. The number of hydrogen-bond donors (Lipinski definition) is 1. The highest BCUT2D eigenvalue weighted by Crippen LogP contribution is 2.27. The molecule has 1 N–H and O–H groups in total. The minimum atomic E-state index is -4.00. The summed E-state index contributed by atoms with van der Waals surface area (Å²) in [5.74, 6) is -0.545. The highest BCUT2D eigenvalue weighted by Gasteiger charge is 2.30. The van der Waals surface area contributed by atoms with Crippen molar-refractivity contribution in [3.8, 4) is 0 Å². The van der Waals surface area contributed by atoms with E-state index in [2.05, 4.69) is 10.5 Å². The van der Waals surface area contributed by atoms with E-state index >= 15 is 0 Å². The zero-order chi connectivity index (χ0) is 26.6. The molecule has 4 aromatic carbocycles. The van der Waals surface area contributed by atoms with Gasteiger partial charge in [-0.25, -0.2) is 13.8 Å². The van der Waals surface area contributed by atoms with E-state index in [1.165, 1.54) is 4.31 Å². The first-order valence-corrected chi connectivity index (χ1v) is 13.6. The minimum absolute atomic E-state index is 0.00666. The number of fused-ring (bicyclic) bond motifs is 1. The van der Waals surface area contributed by atoms with Crippen LogP contribution in [0.3, 0.4) is 0 Å². The summed E-state index contributed by atoms with van der Waals surface area (Å²) in [6.07, 6.45) is 1.56. The maximum Gasteiger partial charge on any atom is 0.255 e. The normalized spacial score (nSPS) is 11.9. The van der Waals surface area contributed by atoms with Gasteiger partial charge in [0.2, 0.25) is 10.0 Å². The van der Waals surface area contributed by atoms with Crippen LogP contribution >= 0.6 is 11.6 Å². The van der Waals surface area contributed by atoms with Crippen LogP contribution in [0.25, 0.3) is 10.8 Å². The van der Waals surface area contributed by atoms with Crippen LogP contribution in [0.4, 0.5) is 0 Å². The molecule has 0 aliphatic rings. The number of hydrazone groups is 1. The summed E-state index contributed by atoms with van der Waals surface area (Å²) in [5, 5.41) is 6.70. The summed E-state index contributed by atoms with van der Waals surface area (Å²) in [7, 11) is -4.00. The lowest BCUT2D eigenvalue weighted by Crippen LogP contribution is -2.39. The molecule has 4 rings (SSSR count). The summed E-state index contributed by atoms with van der Waals surface area (Å²) in [6, 6.07) is 24.2. The number of nitrogens with zero attached hydrogens (tertiary/aromatic N) is 2. The smallest absolute Gasteiger partial charge is 0.255 e. The second-order valence-corrected chi connectivity index (χ2v) is 11.3. The molecule has 6 nitrogen and oxygen atoms in total. The van der Waals surface area contributed by atoms with Gasteiger partial charge >= 0.3 is 0 Å². The van der Waals surface area contributed by atoms with Gasteiger partial charge in [0.25, 0.3) is 5.91 Å². The van der Waals surface area contributed by atoms with Gasteiger partial charge in [-0.15, -0.1) is 0 Å². The number of nitrogens with one attached hydrogen (secondary N) is 1. The second-order valence-electron chi connectivity index (χ2n) is 8.99. The number of amides is 1. The van der Waals surface area contributed by atoms with E-state index in [1.807, 2.05) is 61.5 Å². The Hall–Kier alpha value is -3.52. The van der Waals surface area contributed by atoms with Crippen molar-refractivity contribution >= 4 is 44.5 Å². The first-order chi connectivity index (χ1) is 17.6. The van der Waals surface area contributed by atoms with Crippen LogP contribution in [-0.2, 0) is 21.4 Å². The highest BCUT2D eigenvalue weighted by molar-refractivity contribution is 7.89. The molecule has 1 amide bonds. The number of rotatable bonds is 8. The van der Waals surface area contributed by atoms with Crippen LogP contribution in [0, 0.1) is 20.8 Å². The van der Waals surface area contributed by atoms with E-state index in [-0.39, 0.29) is 11.4 Å². The molecule has 0 aliphatic carbocycles. The Balaban J connectivity index is 1.59. The molecule has 37 heavy (non-hydrogen) atoms. The van der Waals surface area contributed by atoms with Gasteiger partial charge in [-0.05, 0) is 60.4 Å². The molecular weight excluding hydrogens is 506 g/mol. The Morgan fingerprint density at radius 3 is 2.30 bits per heavy atom. The van der Waals surface area contributed by atoms with Gasteiger partial charge in [0.1, 0.15) is 0 Å². The lowest BCUT2D eigenvalue weighted by Gasteiger charge is -2.24. The SMILES string of the molecule is Cc1cc(C)c(S(=O)(=O)N(CC(=O)N/N=C/c2cccc3ccccc23)Cc2ccc(Cl)cc2)c(C)c1. The molecule has 0 atom stereocenters. The van der Waals surface area contributed by atoms with E-state index in [4.69, 9.17) is 11.6 Å². The van der Waals surface area contributed by atoms with Crippen LogP contribution in [0.2, 0.25) is 5.02 Å². The van der Waals surface area contributed by atoms with Crippen molar-refractivity contribution < 1.29 is 13.2 Å². The van der Waals surface area contributed by atoms with Crippen molar-refractivity contribution in [2.45, 2.75) is 32.2 Å². The van der Waals surface area contributed by atoms with Crippen LogP contribution in [0.15, 0.2) is 88.9 Å². The lowest BCUT2D eigenvalue weighted by atomic mass is 10.1. The molecule has 0 heterocycles. The summed E-state index contributed by atoms with van der Waals surface area (Å²) in [4.78, 5) is 13.1. The highest BCUT2D eigenvalue weighted by atomic mass is 35.5. The van der Waals surface area contributed by atoms with Crippen molar-refractivity contribution in [1.29, 1.82) is 0 Å². The molecule has 0 aliphatic heterocycles. The molecule has 0 bridgehead atoms. The number of carbonyl (C=O) groups is 1. The van der Waals surface area contributed by atoms with Gasteiger partial charge in [-0.2, -0.15) is 9.41 Å². The maximum atomic E-state index is 13.8. The first-order valence-electron chi connectivity index (χ1n) is 11.8. The van der Waals surface area contributed by atoms with Crippen LogP contribution < -0.4 is 5.43 Å². The van der Waals surface area contributed by atoms with Crippen LogP contribution in [0.1, 0.15) is 27.8 Å². The van der Waals surface area contributed by atoms with Crippen LogP contribution in [0.5, 0.6) is 0 Å². The van der Waals surface area contributed by atoms with Gasteiger partial charge in [-0.3, -0.25) is 4.79 Å². The van der Waals surface area contributed by atoms with Crippen molar-refractivity contribution in [1.82, 2.24) is 9.73 Å². The molecule has 0 saturated carbocycles. The Bertz CT molecular complexity index is 1550. The standard InChI is InChI=1S/C29H28ClN3O3S/c1-20-15-21(2)29(22(3)16-20)37(35,36)33(18-23-11-13-26(30)14-12-23)19-28(34)32-31-17-25-9-6-8-24-7-4-5-10-27(24)25/h4-17H,18-19H2,1-3H3,(H,32,34)/b31-17+. The van der Waals surface area contributed by atoms with E-state index < -0.39 is 22.5 Å². The molecular formula is C29H28ClN3O3S. The molecule has 190 valence electrons. The zero-order valence-corrected chi connectivity index (χ0v) is 22.5. The number of halogens is 1. The van der Waals surface area contributed by atoms with Gasteiger partial charge < -0.3 is 0 Å². The average molecular weight is 534 g/mol. The summed E-state index contributed by atoms with van der Waals surface area (Å²) in [5.41, 5.74) is 6.28. The maximum absolute atomic E-state index is 13.8. The van der Waals surface area contributed by atoms with E-state index in [9.17, 15) is 13.2 Å². The van der Waals surface area contributed by atoms with Crippen molar-refractivity contribution in [3.05, 3.63) is 112 Å². The predicted molar refractivity (Wildman–Crippen MR) is 149 cm³/mol. The Labute approximate surface area is 222 Å². The van der Waals surface area contributed by atoms with E-state index in [0.29, 0.717) is 21.7 Å². The zero-order valence-electron chi connectivity index (χ0n) is 20.9. The lowest BCUT2D eigenvalue weighted by molar-refractivity contribution is -0.121. The number of benzene rings is 4. The number of sulfonamides is 1. The van der Waals surface area contributed by atoms with Crippen LogP contribution in [-0.4, -0.2) is 31.4 Å². The number of aryl methyl sites for hydroxylation is 3. The Morgan fingerprint density at radius 2 is 1.59 bits per heavy atom. The molecule has 0 spiro atoms. The fraction of sp³-hybridized carbons (Fsp3) is 0.172. The predicted octanol–water partition coefficient (Wildman–Crippen LogP) is 5.76. The molecule has 0 unspecified atom stereocenters. The van der Waals surface area contributed by atoms with Gasteiger partial charge in [0, 0.05) is 17.1 Å². The fourth-order valence-electron chi connectivity index (χ4n) is 4.45. The third-order valence-electron chi connectivity index (χ3n) is 6.01. The second kappa shape index (κ2) is 11.3. The third-order valence-corrected chi connectivity index (χ3v) is 8.36. The minimum Gasteiger partial charge on any atom is -0.272 e. The van der Waals surface area contributed by atoms with E-state index in [1.54, 1.807) is 44.3 Å². The molecule has 0 saturated heterocycles. The molecule has 4 aromatic rings. The topological polar surface area (TPSA) is 78.8 Å². The van der Waals surface area contributed by atoms with Crippen molar-refractivity contribution in [2.24, 2.45) is 5.10 Å².